The van der Waals surface area contributed by atoms with Crippen LogP contribution in [-0.4, -0.2) is 48.6 Å². The summed E-state index contributed by atoms with van der Waals surface area (Å²) in [5, 5.41) is 3.49. The number of nitrogens with zero attached hydrogens (tertiary/aromatic N) is 2. The van der Waals surface area contributed by atoms with Crippen molar-refractivity contribution in [3.05, 3.63) is 35.1 Å². The van der Waals surface area contributed by atoms with Gasteiger partial charge >= 0.3 is 0 Å². The summed E-state index contributed by atoms with van der Waals surface area (Å²) >= 11 is 0. The van der Waals surface area contributed by atoms with Gasteiger partial charge in [-0.1, -0.05) is 12.1 Å². The first-order valence-electron chi connectivity index (χ1n) is 8.05. The molecule has 1 aromatic carbocycles. The molecule has 1 aliphatic heterocycles. The lowest BCUT2D eigenvalue weighted by Crippen LogP contribution is -2.49. The molecule has 1 unspecified atom stereocenters. The molecule has 2 fully saturated rings. The molecular formula is C17H26FN3. The number of rotatable bonds is 5. The number of benzene rings is 1. The smallest absolute Gasteiger partial charge is 0.127 e. The van der Waals surface area contributed by atoms with Gasteiger partial charge in [-0.2, -0.15) is 0 Å². The summed E-state index contributed by atoms with van der Waals surface area (Å²) in [6.45, 7) is 6.91. The van der Waals surface area contributed by atoms with Crippen molar-refractivity contribution in [2.45, 2.75) is 44.9 Å². The maximum atomic E-state index is 14.1. The van der Waals surface area contributed by atoms with Crippen LogP contribution >= 0.6 is 0 Å². The number of halogens is 1. The van der Waals surface area contributed by atoms with Crippen LogP contribution in [0.1, 0.15) is 30.9 Å². The molecule has 0 spiro atoms. The number of piperazine rings is 1. The highest BCUT2D eigenvalue weighted by atomic mass is 19.1. The van der Waals surface area contributed by atoms with E-state index in [1.807, 2.05) is 12.1 Å². The number of likely N-dealkylation sites (N-methyl/N-ethyl adjacent to an activating group) is 1. The highest BCUT2D eigenvalue weighted by molar-refractivity contribution is 5.25. The molecule has 1 saturated carbocycles. The Morgan fingerprint density at radius 2 is 2.10 bits per heavy atom. The Labute approximate surface area is 127 Å². The Morgan fingerprint density at radius 1 is 1.29 bits per heavy atom. The van der Waals surface area contributed by atoms with Crippen LogP contribution in [0.2, 0.25) is 0 Å². The van der Waals surface area contributed by atoms with Crippen LogP contribution in [0.3, 0.4) is 0 Å². The van der Waals surface area contributed by atoms with Gasteiger partial charge in [-0.3, -0.25) is 4.90 Å². The molecule has 1 aliphatic carbocycles. The van der Waals surface area contributed by atoms with Gasteiger partial charge in [-0.15, -0.1) is 0 Å². The maximum absolute atomic E-state index is 14.1. The van der Waals surface area contributed by atoms with E-state index in [-0.39, 0.29) is 5.82 Å². The summed E-state index contributed by atoms with van der Waals surface area (Å²) in [5.41, 5.74) is 2.03. The molecule has 0 amide bonds. The Kier molecular flexibility index (Phi) is 4.57. The topological polar surface area (TPSA) is 18.5 Å². The van der Waals surface area contributed by atoms with Gasteiger partial charge in [0.2, 0.25) is 0 Å². The van der Waals surface area contributed by atoms with Crippen molar-refractivity contribution in [3.63, 3.8) is 0 Å². The summed E-state index contributed by atoms with van der Waals surface area (Å²) in [7, 11) is 2.16. The van der Waals surface area contributed by atoms with Gasteiger partial charge in [0, 0.05) is 50.4 Å². The predicted octanol–water partition coefficient (Wildman–Crippen LogP) is 2.21. The van der Waals surface area contributed by atoms with Gasteiger partial charge < -0.3 is 10.2 Å². The fourth-order valence-electron chi connectivity index (χ4n) is 2.92. The highest BCUT2D eigenvalue weighted by Gasteiger charge is 2.22. The minimum Gasteiger partial charge on any atom is -0.310 e. The molecule has 3 nitrogen and oxygen atoms in total. The molecule has 1 N–H and O–H groups in total. The van der Waals surface area contributed by atoms with Crippen molar-refractivity contribution in [2.24, 2.45) is 0 Å². The Bertz CT molecular complexity index is 487. The monoisotopic (exact) mass is 291 g/mol. The molecule has 1 aromatic rings. The minimum atomic E-state index is -0.0725. The fourth-order valence-corrected chi connectivity index (χ4v) is 2.92. The lowest BCUT2D eigenvalue weighted by molar-refractivity contribution is 0.0991. The van der Waals surface area contributed by atoms with Crippen molar-refractivity contribution >= 4 is 0 Å². The number of nitrogens with one attached hydrogen (secondary N) is 1. The average molecular weight is 291 g/mol. The number of hydrogen-bond donors (Lipinski definition) is 1. The van der Waals surface area contributed by atoms with Crippen molar-refractivity contribution in [3.8, 4) is 0 Å². The SMILES string of the molecule is CC1CN(Cc2cc(CNC3CC3)ccc2F)CCN1C. The highest BCUT2D eigenvalue weighted by Crippen LogP contribution is 2.20. The lowest BCUT2D eigenvalue weighted by atomic mass is 10.1. The Balaban J connectivity index is 1.61. The van der Waals surface area contributed by atoms with Crippen LogP contribution in [-0.2, 0) is 13.1 Å². The van der Waals surface area contributed by atoms with Crippen molar-refractivity contribution in [1.82, 2.24) is 15.1 Å². The standard InChI is InChI=1S/C17H26FN3/c1-13-11-21(8-7-20(13)2)12-15-9-14(3-6-17(15)18)10-19-16-4-5-16/h3,6,9,13,16,19H,4-5,7-8,10-12H2,1-2H3. The molecule has 3 rings (SSSR count). The number of hydrogen-bond acceptors (Lipinski definition) is 3. The van der Waals surface area contributed by atoms with Crippen molar-refractivity contribution in [1.29, 1.82) is 0 Å². The van der Waals surface area contributed by atoms with E-state index in [2.05, 4.69) is 29.1 Å². The quantitative estimate of drug-likeness (QED) is 0.897. The zero-order chi connectivity index (χ0) is 14.8. The van der Waals surface area contributed by atoms with Crippen molar-refractivity contribution < 1.29 is 4.39 Å². The van der Waals surface area contributed by atoms with Crippen LogP contribution in [0.5, 0.6) is 0 Å². The second-order valence-electron chi connectivity index (χ2n) is 6.65. The van der Waals surface area contributed by atoms with Gasteiger partial charge in [0.15, 0.2) is 0 Å². The minimum absolute atomic E-state index is 0.0725. The maximum Gasteiger partial charge on any atom is 0.127 e. The van der Waals surface area contributed by atoms with E-state index in [1.54, 1.807) is 6.07 Å². The van der Waals surface area contributed by atoms with E-state index >= 15 is 0 Å². The summed E-state index contributed by atoms with van der Waals surface area (Å²) in [6, 6.07) is 6.80. The van der Waals surface area contributed by atoms with Gasteiger partial charge in [-0.25, -0.2) is 4.39 Å². The van der Waals surface area contributed by atoms with Crippen LogP contribution < -0.4 is 5.32 Å². The van der Waals surface area contributed by atoms with Gasteiger partial charge in [0.25, 0.3) is 0 Å². The van der Waals surface area contributed by atoms with Gasteiger partial charge in [0.1, 0.15) is 5.82 Å². The molecule has 4 heteroatoms. The molecule has 1 atom stereocenters. The van der Waals surface area contributed by atoms with E-state index < -0.39 is 0 Å². The van der Waals surface area contributed by atoms with E-state index in [4.69, 9.17) is 0 Å². The molecule has 21 heavy (non-hydrogen) atoms. The molecule has 1 saturated heterocycles. The molecule has 116 valence electrons. The third-order valence-corrected chi connectivity index (χ3v) is 4.72. The first-order chi connectivity index (χ1) is 10.1. The molecule has 0 bridgehead atoms. The average Bonchev–Trinajstić information content (AvgIpc) is 3.28. The van der Waals surface area contributed by atoms with E-state index in [9.17, 15) is 4.39 Å². The predicted molar refractivity (Wildman–Crippen MR) is 83.6 cm³/mol. The summed E-state index contributed by atoms with van der Waals surface area (Å²) in [6.07, 6.45) is 2.57. The van der Waals surface area contributed by atoms with E-state index in [0.29, 0.717) is 12.1 Å². The van der Waals surface area contributed by atoms with Crippen LogP contribution in [0.15, 0.2) is 18.2 Å². The first-order valence-corrected chi connectivity index (χ1v) is 8.05. The third kappa shape index (κ3) is 4.02. The summed E-state index contributed by atoms with van der Waals surface area (Å²) in [5.74, 6) is -0.0725. The van der Waals surface area contributed by atoms with Crippen LogP contribution in [0.4, 0.5) is 4.39 Å². The zero-order valence-corrected chi connectivity index (χ0v) is 13.1. The molecule has 0 aromatic heterocycles. The first kappa shape index (κ1) is 14.9. The van der Waals surface area contributed by atoms with E-state index in [0.717, 1.165) is 38.3 Å². The van der Waals surface area contributed by atoms with Gasteiger partial charge in [-0.05, 0) is 38.4 Å². The molecule has 2 aliphatic rings. The normalized spacial score (nSPS) is 24.4. The Morgan fingerprint density at radius 3 is 2.81 bits per heavy atom. The summed E-state index contributed by atoms with van der Waals surface area (Å²) < 4.78 is 14.1. The second kappa shape index (κ2) is 6.42. The molecule has 1 heterocycles. The largest absolute Gasteiger partial charge is 0.310 e. The lowest BCUT2D eigenvalue weighted by Gasteiger charge is -2.37. The van der Waals surface area contributed by atoms with Gasteiger partial charge in [0.05, 0.1) is 0 Å². The van der Waals surface area contributed by atoms with Crippen LogP contribution in [0, 0.1) is 5.82 Å². The fraction of sp³-hybridized carbons (Fsp3) is 0.647. The third-order valence-electron chi connectivity index (χ3n) is 4.72. The molecule has 0 radical (unpaired) electrons. The second-order valence-corrected chi connectivity index (χ2v) is 6.65. The Hall–Kier alpha value is -0.970. The van der Waals surface area contributed by atoms with Crippen LogP contribution in [0.25, 0.3) is 0 Å². The molecular weight excluding hydrogens is 265 g/mol. The van der Waals surface area contributed by atoms with E-state index in [1.165, 1.54) is 18.4 Å². The van der Waals surface area contributed by atoms with Crippen molar-refractivity contribution in [2.75, 3.05) is 26.7 Å². The summed E-state index contributed by atoms with van der Waals surface area (Å²) in [4.78, 5) is 4.73. The zero-order valence-electron chi connectivity index (χ0n) is 13.1.